The molecule has 1 aliphatic carbocycles. The fourth-order valence-corrected chi connectivity index (χ4v) is 4.72. The largest absolute Gasteiger partial charge is 0.492 e. The molecule has 3 aliphatic rings. The lowest BCUT2D eigenvalue weighted by molar-refractivity contribution is -0.152. The minimum absolute atomic E-state index is 0.0742. The number of pyridine rings is 1. The number of carbonyl (C=O) groups excluding carboxylic acids is 1. The van der Waals surface area contributed by atoms with Crippen LogP contribution in [0.3, 0.4) is 0 Å². The standard InChI is InChI=1S/C25H25FN4O4/c1-25(7-9-34-25)12-33-18-11-27-8-6-13(18)21-22(28-16-5-3-4-15(26)23(16)32-2)19-20(30-21)14-10-17(14)29-24(19)31/h3-6,8,11,14,17,28,30H,7,9-10,12H2,1-2H3,(H,29,31). The number of benzene rings is 1. The number of fused-ring (bicyclic) bond motifs is 3. The number of aromatic nitrogens is 2. The first-order valence-corrected chi connectivity index (χ1v) is 11.3. The minimum Gasteiger partial charge on any atom is -0.492 e. The van der Waals surface area contributed by atoms with E-state index in [1.807, 2.05) is 13.0 Å². The maximum Gasteiger partial charge on any atom is 0.255 e. The zero-order valence-electron chi connectivity index (χ0n) is 18.9. The quantitative estimate of drug-likeness (QED) is 0.487. The van der Waals surface area contributed by atoms with Gasteiger partial charge in [-0.2, -0.15) is 0 Å². The number of nitrogens with zero attached hydrogens (tertiary/aromatic N) is 1. The van der Waals surface area contributed by atoms with Crippen molar-refractivity contribution in [2.75, 3.05) is 25.6 Å². The summed E-state index contributed by atoms with van der Waals surface area (Å²) in [6.45, 7) is 3.13. The Bertz CT molecular complexity index is 1290. The number of halogens is 1. The smallest absolute Gasteiger partial charge is 0.255 e. The lowest BCUT2D eigenvalue weighted by atomic mass is 9.99. The predicted molar refractivity (Wildman–Crippen MR) is 123 cm³/mol. The molecule has 3 aromatic rings. The van der Waals surface area contributed by atoms with Crippen molar-refractivity contribution < 1.29 is 23.4 Å². The monoisotopic (exact) mass is 464 g/mol. The third kappa shape index (κ3) is 3.38. The van der Waals surface area contributed by atoms with Crippen LogP contribution in [0.15, 0.2) is 36.7 Å². The van der Waals surface area contributed by atoms with Gasteiger partial charge in [0.05, 0.1) is 42.5 Å². The zero-order chi connectivity index (χ0) is 23.4. The van der Waals surface area contributed by atoms with E-state index in [-0.39, 0.29) is 29.2 Å². The first-order valence-electron chi connectivity index (χ1n) is 11.3. The van der Waals surface area contributed by atoms with Crippen LogP contribution in [0.1, 0.15) is 41.7 Å². The molecule has 2 aromatic heterocycles. The Morgan fingerprint density at radius 1 is 1.35 bits per heavy atom. The van der Waals surface area contributed by atoms with Crippen LogP contribution in [-0.2, 0) is 4.74 Å². The van der Waals surface area contributed by atoms with Gasteiger partial charge in [0.15, 0.2) is 11.6 Å². The fourth-order valence-electron chi connectivity index (χ4n) is 4.72. The highest BCUT2D eigenvalue weighted by Gasteiger charge is 2.48. The average molecular weight is 464 g/mol. The van der Waals surface area contributed by atoms with Crippen LogP contribution in [0.4, 0.5) is 15.8 Å². The maximum absolute atomic E-state index is 14.4. The van der Waals surface area contributed by atoms with E-state index in [9.17, 15) is 9.18 Å². The molecular formula is C25H25FN4O4. The highest BCUT2D eigenvalue weighted by atomic mass is 19.1. The van der Waals surface area contributed by atoms with Gasteiger partial charge in [0.1, 0.15) is 18.0 Å². The number of methoxy groups -OCH3 is 1. The molecule has 4 heterocycles. The molecule has 1 saturated heterocycles. The fraction of sp³-hybridized carbons (Fsp3) is 0.360. The summed E-state index contributed by atoms with van der Waals surface area (Å²) in [4.78, 5) is 20.8. The summed E-state index contributed by atoms with van der Waals surface area (Å²) in [6.07, 6.45) is 5.14. The highest BCUT2D eigenvalue weighted by Crippen LogP contribution is 2.51. The molecule has 8 nitrogen and oxygen atoms in total. The lowest BCUT2D eigenvalue weighted by Crippen LogP contribution is -2.45. The molecule has 176 valence electrons. The molecule has 34 heavy (non-hydrogen) atoms. The van der Waals surface area contributed by atoms with Gasteiger partial charge in [-0.3, -0.25) is 9.78 Å². The third-order valence-corrected chi connectivity index (χ3v) is 6.83. The van der Waals surface area contributed by atoms with Crippen LogP contribution in [0, 0.1) is 5.82 Å². The number of aromatic amines is 1. The number of anilines is 2. The number of amides is 1. The number of hydrogen-bond acceptors (Lipinski definition) is 6. The third-order valence-electron chi connectivity index (χ3n) is 6.83. The van der Waals surface area contributed by atoms with Gasteiger partial charge >= 0.3 is 0 Å². The zero-order valence-corrected chi connectivity index (χ0v) is 18.9. The van der Waals surface area contributed by atoms with Crippen molar-refractivity contribution in [1.29, 1.82) is 0 Å². The Hall–Kier alpha value is -3.59. The van der Waals surface area contributed by atoms with Gasteiger partial charge in [0, 0.05) is 35.8 Å². The van der Waals surface area contributed by atoms with Crippen LogP contribution in [-0.4, -0.2) is 47.8 Å². The van der Waals surface area contributed by atoms with Crippen LogP contribution < -0.4 is 20.1 Å². The number of nitrogens with one attached hydrogen (secondary N) is 3. The molecular weight excluding hydrogens is 439 g/mol. The predicted octanol–water partition coefficient (Wildman–Crippen LogP) is 4.13. The van der Waals surface area contributed by atoms with Crippen LogP contribution in [0.5, 0.6) is 11.5 Å². The summed E-state index contributed by atoms with van der Waals surface area (Å²) < 4.78 is 31.5. The molecule has 1 amide bonds. The number of ether oxygens (including phenoxy) is 3. The van der Waals surface area contributed by atoms with Gasteiger partial charge in [-0.15, -0.1) is 0 Å². The summed E-state index contributed by atoms with van der Waals surface area (Å²) in [5.74, 6) is 0.211. The molecule has 0 spiro atoms. The van der Waals surface area contributed by atoms with Crippen LogP contribution in [0.2, 0.25) is 0 Å². The van der Waals surface area contributed by atoms with Crippen molar-refractivity contribution in [3.8, 4) is 22.8 Å². The van der Waals surface area contributed by atoms with Crippen molar-refractivity contribution in [2.45, 2.75) is 37.3 Å². The van der Waals surface area contributed by atoms with E-state index in [1.165, 1.54) is 13.2 Å². The molecule has 3 unspecified atom stereocenters. The van der Waals surface area contributed by atoms with Gasteiger partial charge in [-0.25, -0.2) is 4.39 Å². The van der Waals surface area contributed by atoms with Crippen LogP contribution >= 0.6 is 0 Å². The van der Waals surface area contributed by atoms with Crippen LogP contribution in [0.25, 0.3) is 11.3 Å². The normalized spacial score (nSPS) is 24.4. The number of hydrogen-bond donors (Lipinski definition) is 3. The molecule has 6 rings (SSSR count). The van der Waals surface area contributed by atoms with Gasteiger partial charge in [0.2, 0.25) is 0 Å². The molecule has 1 aromatic carbocycles. The van der Waals surface area contributed by atoms with Crippen molar-refractivity contribution in [3.05, 3.63) is 53.7 Å². The number of carbonyl (C=O) groups is 1. The second-order valence-corrected chi connectivity index (χ2v) is 9.24. The summed E-state index contributed by atoms with van der Waals surface area (Å²) in [6, 6.07) is 6.62. The maximum atomic E-state index is 14.4. The first-order chi connectivity index (χ1) is 16.5. The SMILES string of the molecule is COc1c(F)cccc1Nc1c(-c2ccncc2OCC2(C)CCO2)[nH]c2c1C(=O)NC1CC21. The van der Waals surface area contributed by atoms with E-state index in [0.29, 0.717) is 35.0 Å². The second kappa shape index (κ2) is 7.73. The Balaban J connectivity index is 1.46. The summed E-state index contributed by atoms with van der Waals surface area (Å²) >= 11 is 0. The van der Waals surface area contributed by atoms with Crippen molar-refractivity contribution in [1.82, 2.24) is 15.3 Å². The molecule has 3 N–H and O–H groups in total. The van der Waals surface area contributed by atoms with E-state index >= 15 is 0 Å². The molecule has 1 saturated carbocycles. The number of rotatable bonds is 7. The number of para-hydroxylation sites is 1. The minimum atomic E-state index is -0.494. The van der Waals surface area contributed by atoms with Crippen molar-refractivity contribution in [2.24, 2.45) is 0 Å². The molecule has 2 aliphatic heterocycles. The summed E-state index contributed by atoms with van der Waals surface area (Å²) in [5.41, 5.74) is 3.47. The second-order valence-electron chi connectivity index (χ2n) is 9.24. The molecule has 3 atom stereocenters. The molecule has 9 heteroatoms. The van der Waals surface area contributed by atoms with Crippen molar-refractivity contribution >= 4 is 17.3 Å². The van der Waals surface area contributed by atoms with E-state index < -0.39 is 5.82 Å². The Labute approximate surface area is 195 Å². The van der Waals surface area contributed by atoms with Gasteiger partial charge in [-0.05, 0) is 31.5 Å². The lowest BCUT2D eigenvalue weighted by Gasteiger charge is -2.38. The van der Waals surface area contributed by atoms with Gasteiger partial charge in [-0.1, -0.05) is 6.07 Å². The summed E-state index contributed by atoms with van der Waals surface area (Å²) in [5, 5.41) is 6.32. The Kier molecular flexibility index (Phi) is 4.77. The van der Waals surface area contributed by atoms with Gasteiger partial charge in [0.25, 0.3) is 5.91 Å². The number of H-pyrrole nitrogens is 1. The summed E-state index contributed by atoms with van der Waals surface area (Å²) in [7, 11) is 1.41. The Morgan fingerprint density at radius 3 is 2.97 bits per heavy atom. The molecule has 0 bridgehead atoms. The average Bonchev–Trinajstić information content (AvgIpc) is 3.49. The highest BCUT2D eigenvalue weighted by molar-refractivity contribution is 6.07. The van der Waals surface area contributed by atoms with Crippen molar-refractivity contribution in [3.63, 3.8) is 0 Å². The van der Waals surface area contributed by atoms with E-state index in [2.05, 4.69) is 20.6 Å². The first kappa shape index (κ1) is 21.0. The van der Waals surface area contributed by atoms with Gasteiger partial charge < -0.3 is 29.8 Å². The molecule has 2 fully saturated rings. The Morgan fingerprint density at radius 2 is 2.21 bits per heavy atom. The topological polar surface area (TPSA) is 97.5 Å². The van der Waals surface area contributed by atoms with E-state index in [1.54, 1.807) is 24.5 Å². The molecule has 0 radical (unpaired) electrons. The van der Waals surface area contributed by atoms with E-state index in [4.69, 9.17) is 14.2 Å². The van der Waals surface area contributed by atoms with E-state index in [0.717, 1.165) is 30.7 Å².